The highest BCUT2D eigenvalue weighted by Crippen LogP contribution is 2.38. The summed E-state index contributed by atoms with van der Waals surface area (Å²) in [5, 5.41) is 8.77. The van der Waals surface area contributed by atoms with E-state index in [0.717, 1.165) is 29.5 Å². The molecule has 0 atom stereocenters. The van der Waals surface area contributed by atoms with Crippen LogP contribution in [0, 0.1) is 0 Å². The molecule has 1 aliphatic rings. The third-order valence-electron chi connectivity index (χ3n) is 3.69. The first-order valence-electron chi connectivity index (χ1n) is 6.72. The third-order valence-corrected chi connectivity index (χ3v) is 4.28. The van der Waals surface area contributed by atoms with Crippen molar-refractivity contribution in [2.45, 2.75) is 44.9 Å². The second-order valence-corrected chi connectivity index (χ2v) is 5.82. The van der Waals surface area contributed by atoms with Gasteiger partial charge in [0.05, 0.1) is 11.6 Å². The zero-order valence-corrected chi connectivity index (χ0v) is 12.8. The Labute approximate surface area is 122 Å². The van der Waals surface area contributed by atoms with E-state index in [1.54, 1.807) is 7.11 Å². The van der Waals surface area contributed by atoms with E-state index in [-0.39, 0.29) is 6.42 Å². The second kappa shape index (κ2) is 6.42. The lowest BCUT2D eigenvalue weighted by molar-refractivity contribution is -0.137. The van der Waals surface area contributed by atoms with E-state index < -0.39 is 5.97 Å². The molecule has 0 saturated heterocycles. The topological polar surface area (TPSA) is 46.5 Å². The Morgan fingerprint density at radius 2 is 2.16 bits per heavy atom. The number of fused-ring (bicyclic) bond motifs is 1. The monoisotopic (exact) mass is 326 g/mol. The van der Waals surface area contributed by atoms with E-state index in [2.05, 4.69) is 22.0 Å². The molecule has 104 valence electrons. The van der Waals surface area contributed by atoms with Crippen molar-refractivity contribution in [3.8, 4) is 5.75 Å². The first-order chi connectivity index (χ1) is 9.13. The molecule has 0 heterocycles. The molecule has 2 rings (SSSR count). The van der Waals surface area contributed by atoms with Crippen LogP contribution in [-0.4, -0.2) is 18.2 Å². The van der Waals surface area contributed by atoms with Crippen LogP contribution in [0.3, 0.4) is 0 Å². The van der Waals surface area contributed by atoms with Crippen molar-refractivity contribution in [3.63, 3.8) is 0 Å². The summed E-state index contributed by atoms with van der Waals surface area (Å²) in [5.74, 6) is 0.147. The Morgan fingerprint density at radius 3 is 2.84 bits per heavy atom. The number of halogens is 1. The first kappa shape index (κ1) is 14.4. The highest BCUT2D eigenvalue weighted by molar-refractivity contribution is 9.10. The van der Waals surface area contributed by atoms with Crippen molar-refractivity contribution >= 4 is 21.9 Å². The highest BCUT2D eigenvalue weighted by Gasteiger charge is 2.19. The molecular weight excluding hydrogens is 308 g/mol. The Kier molecular flexibility index (Phi) is 4.86. The summed E-state index contributed by atoms with van der Waals surface area (Å²) < 4.78 is 6.49. The maximum absolute atomic E-state index is 10.7. The van der Waals surface area contributed by atoms with E-state index in [1.165, 1.54) is 29.5 Å². The molecule has 1 N–H and O–H groups in total. The minimum atomic E-state index is -0.733. The Balaban J connectivity index is 2.31. The van der Waals surface area contributed by atoms with Gasteiger partial charge in [0.15, 0.2) is 0 Å². The van der Waals surface area contributed by atoms with Crippen LogP contribution in [0.15, 0.2) is 10.5 Å². The van der Waals surface area contributed by atoms with Gasteiger partial charge in [0, 0.05) is 6.42 Å². The van der Waals surface area contributed by atoms with Crippen LogP contribution in [0.25, 0.3) is 0 Å². The molecule has 0 bridgehead atoms. The number of hydrogen-bond acceptors (Lipinski definition) is 2. The molecule has 0 spiro atoms. The number of methoxy groups -OCH3 is 1. The fraction of sp³-hybridized carbons (Fsp3) is 0.533. The molecule has 0 amide bonds. The van der Waals surface area contributed by atoms with Crippen LogP contribution in [0.4, 0.5) is 0 Å². The molecular formula is C15H19BrO3. The van der Waals surface area contributed by atoms with Gasteiger partial charge < -0.3 is 9.84 Å². The standard InChI is InChI=1S/C15H19BrO3/c1-19-15-12(7-4-8-14(17)18)11-6-3-2-5-10(11)9-13(15)16/h9H,2-8H2,1H3,(H,17,18). The van der Waals surface area contributed by atoms with Gasteiger partial charge in [0.25, 0.3) is 0 Å². The Bertz CT molecular complexity index is 483. The lowest BCUT2D eigenvalue weighted by Crippen LogP contribution is -2.09. The van der Waals surface area contributed by atoms with Crippen molar-refractivity contribution in [1.82, 2.24) is 0 Å². The molecule has 0 aromatic heterocycles. The smallest absolute Gasteiger partial charge is 0.303 e. The summed E-state index contributed by atoms with van der Waals surface area (Å²) in [6.45, 7) is 0. The van der Waals surface area contributed by atoms with Gasteiger partial charge in [-0.25, -0.2) is 0 Å². The van der Waals surface area contributed by atoms with Gasteiger partial charge in [0.2, 0.25) is 0 Å². The van der Waals surface area contributed by atoms with Crippen LogP contribution >= 0.6 is 15.9 Å². The average Bonchev–Trinajstić information content (AvgIpc) is 2.38. The van der Waals surface area contributed by atoms with Crippen molar-refractivity contribution in [3.05, 3.63) is 27.2 Å². The molecule has 3 nitrogen and oxygen atoms in total. The number of aliphatic carboxylic acids is 1. The number of carboxylic acids is 1. The number of hydrogen-bond donors (Lipinski definition) is 1. The molecule has 1 aromatic carbocycles. The number of rotatable bonds is 5. The van der Waals surface area contributed by atoms with E-state index >= 15 is 0 Å². The quantitative estimate of drug-likeness (QED) is 0.896. The number of ether oxygens (including phenoxy) is 1. The van der Waals surface area contributed by atoms with Crippen LogP contribution < -0.4 is 4.74 Å². The van der Waals surface area contributed by atoms with Crippen molar-refractivity contribution in [2.24, 2.45) is 0 Å². The predicted molar refractivity (Wildman–Crippen MR) is 77.9 cm³/mol. The lowest BCUT2D eigenvalue weighted by Gasteiger charge is -2.23. The van der Waals surface area contributed by atoms with E-state index in [9.17, 15) is 4.79 Å². The summed E-state index contributed by atoms with van der Waals surface area (Å²) in [5.41, 5.74) is 3.98. The fourth-order valence-corrected chi connectivity index (χ4v) is 3.51. The number of aryl methyl sites for hydroxylation is 1. The third kappa shape index (κ3) is 3.30. The van der Waals surface area contributed by atoms with Crippen molar-refractivity contribution < 1.29 is 14.6 Å². The molecule has 0 unspecified atom stereocenters. The molecule has 0 aliphatic heterocycles. The van der Waals surface area contributed by atoms with Crippen LogP contribution in [0.5, 0.6) is 5.75 Å². The molecule has 0 fully saturated rings. The van der Waals surface area contributed by atoms with Crippen molar-refractivity contribution in [1.29, 1.82) is 0 Å². The SMILES string of the molecule is COc1c(Br)cc2c(c1CCCC(=O)O)CCCC2. The van der Waals surface area contributed by atoms with Gasteiger partial charge in [-0.1, -0.05) is 0 Å². The highest BCUT2D eigenvalue weighted by atomic mass is 79.9. The molecule has 0 saturated carbocycles. The van der Waals surface area contributed by atoms with Gasteiger partial charge in [-0.15, -0.1) is 0 Å². The summed E-state index contributed by atoms with van der Waals surface area (Å²) in [7, 11) is 1.68. The average molecular weight is 327 g/mol. The normalized spacial score (nSPS) is 14.0. The molecule has 1 aromatic rings. The summed E-state index contributed by atoms with van der Waals surface area (Å²) >= 11 is 3.57. The van der Waals surface area contributed by atoms with Crippen LogP contribution in [0.1, 0.15) is 42.4 Å². The Hall–Kier alpha value is -1.03. The van der Waals surface area contributed by atoms with E-state index in [4.69, 9.17) is 9.84 Å². The number of benzene rings is 1. The predicted octanol–water partition coefficient (Wildman–Crippen LogP) is 3.74. The zero-order chi connectivity index (χ0) is 13.8. The first-order valence-corrected chi connectivity index (χ1v) is 7.51. The fourth-order valence-electron chi connectivity index (χ4n) is 2.83. The van der Waals surface area contributed by atoms with Gasteiger partial charge in [-0.2, -0.15) is 0 Å². The van der Waals surface area contributed by atoms with Gasteiger partial charge in [0.1, 0.15) is 5.75 Å². The number of carbonyl (C=O) groups is 1. The lowest BCUT2D eigenvalue weighted by atomic mass is 9.86. The Morgan fingerprint density at radius 1 is 1.42 bits per heavy atom. The summed E-state index contributed by atoms with van der Waals surface area (Å²) in [6, 6.07) is 2.16. The molecule has 1 aliphatic carbocycles. The maximum atomic E-state index is 10.7. The maximum Gasteiger partial charge on any atom is 0.303 e. The van der Waals surface area contributed by atoms with E-state index in [0.29, 0.717) is 6.42 Å². The second-order valence-electron chi connectivity index (χ2n) is 4.96. The van der Waals surface area contributed by atoms with Crippen LogP contribution in [-0.2, 0) is 24.1 Å². The number of carboxylic acid groups (broad SMARTS) is 1. The summed E-state index contributed by atoms with van der Waals surface area (Å²) in [6.07, 6.45) is 6.30. The minimum absolute atomic E-state index is 0.213. The van der Waals surface area contributed by atoms with Gasteiger partial charge in [-0.3, -0.25) is 4.79 Å². The van der Waals surface area contributed by atoms with Gasteiger partial charge in [-0.05, 0) is 77.2 Å². The molecule has 4 heteroatoms. The van der Waals surface area contributed by atoms with Crippen molar-refractivity contribution in [2.75, 3.05) is 7.11 Å². The zero-order valence-electron chi connectivity index (χ0n) is 11.2. The van der Waals surface area contributed by atoms with Crippen LogP contribution in [0.2, 0.25) is 0 Å². The van der Waals surface area contributed by atoms with Gasteiger partial charge >= 0.3 is 5.97 Å². The molecule has 19 heavy (non-hydrogen) atoms. The molecule has 0 radical (unpaired) electrons. The summed E-state index contributed by atoms with van der Waals surface area (Å²) in [4.78, 5) is 10.7. The largest absolute Gasteiger partial charge is 0.495 e. The van der Waals surface area contributed by atoms with E-state index in [1.807, 2.05) is 0 Å². The minimum Gasteiger partial charge on any atom is -0.495 e.